The second-order valence-corrected chi connectivity index (χ2v) is 5.15. The molecule has 1 heterocycles. The van der Waals surface area contributed by atoms with E-state index in [-0.39, 0.29) is 11.6 Å². The number of nitrogens with zero attached hydrogens (tertiary/aromatic N) is 3. The lowest BCUT2D eigenvalue weighted by molar-refractivity contribution is -0.384. The molecular formula is C14H17N3O5. The third kappa shape index (κ3) is 3.40. The standard InChI is InChI=1S/C14H17N3O5/c1-10(14(19)20)15-6-8-16(9-7-15)13(18)11-2-4-12(5-3-11)17(21)22/h2-5,10H,6-9H2,1H3,(H,19,20). The second kappa shape index (κ2) is 6.52. The number of hydrogen-bond donors (Lipinski definition) is 1. The summed E-state index contributed by atoms with van der Waals surface area (Å²) in [5.41, 5.74) is 0.335. The van der Waals surface area contributed by atoms with Gasteiger partial charge in [-0.1, -0.05) is 0 Å². The van der Waals surface area contributed by atoms with E-state index in [0.29, 0.717) is 31.7 Å². The van der Waals surface area contributed by atoms with Crippen molar-refractivity contribution in [2.75, 3.05) is 26.2 Å². The van der Waals surface area contributed by atoms with Crippen molar-refractivity contribution in [3.05, 3.63) is 39.9 Å². The molecule has 1 amide bonds. The smallest absolute Gasteiger partial charge is 0.320 e. The summed E-state index contributed by atoms with van der Waals surface area (Å²) in [4.78, 5) is 36.8. The number of rotatable bonds is 4. The van der Waals surface area contributed by atoms with Gasteiger partial charge in [-0.25, -0.2) is 0 Å². The van der Waals surface area contributed by atoms with Crippen LogP contribution < -0.4 is 0 Å². The highest BCUT2D eigenvalue weighted by molar-refractivity contribution is 5.94. The van der Waals surface area contributed by atoms with Crippen LogP contribution in [-0.4, -0.2) is 63.9 Å². The van der Waals surface area contributed by atoms with Crippen LogP contribution in [0.4, 0.5) is 5.69 Å². The molecule has 1 aromatic rings. The van der Waals surface area contributed by atoms with Gasteiger partial charge in [0, 0.05) is 43.9 Å². The molecule has 1 N–H and O–H groups in total. The van der Waals surface area contributed by atoms with Gasteiger partial charge in [0.2, 0.25) is 0 Å². The maximum atomic E-state index is 12.3. The normalized spacial score (nSPS) is 17.0. The van der Waals surface area contributed by atoms with Crippen LogP contribution in [-0.2, 0) is 4.79 Å². The molecule has 1 aliphatic rings. The molecule has 2 rings (SSSR count). The lowest BCUT2D eigenvalue weighted by Gasteiger charge is -2.36. The molecule has 1 aromatic carbocycles. The van der Waals surface area contributed by atoms with E-state index < -0.39 is 16.9 Å². The predicted molar refractivity (Wildman–Crippen MR) is 77.7 cm³/mol. The Hall–Kier alpha value is -2.48. The molecule has 0 bridgehead atoms. The molecule has 0 radical (unpaired) electrons. The Morgan fingerprint density at radius 2 is 1.73 bits per heavy atom. The first kappa shape index (κ1) is 15.9. The van der Waals surface area contributed by atoms with Crippen molar-refractivity contribution in [2.45, 2.75) is 13.0 Å². The topological polar surface area (TPSA) is 104 Å². The summed E-state index contributed by atoms with van der Waals surface area (Å²) in [6, 6.07) is 4.91. The van der Waals surface area contributed by atoms with Crippen LogP contribution in [0.25, 0.3) is 0 Å². The third-order valence-electron chi connectivity index (χ3n) is 3.83. The summed E-state index contributed by atoms with van der Waals surface area (Å²) >= 11 is 0. The number of hydrogen-bond acceptors (Lipinski definition) is 5. The first-order valence-corrected chi connectivity index (χ1v) is 6.90. The van der Waals surface area contributed by atoms with Gasteiger partial charge in [0.05, 0.1) is 4.92 Å². The Morgan fingerprint density at radius 3 is 2.18 bits per heavy atom. The Kier molecular flexibility index (Phi) is 4.71. The number of piperazine rings is 1. The maximum Gasteiger partial charge on any atom is 0.320 e. The Morgan fingerprint density at radius 1 is 1.18 bits per heavy atom. The Balaban J connectivity index is 1.97. The van der Waals surface area contributed by atoms with Crippen molar-refractivity contribution in [1.82, 2.24) is 9.80 Å². The number of carboxylic acid groups (broad SMARTS) is 1. The molecule has 1 unspecified atom stereocenters. The van der Waals surface area contributed by atoms with Crippen LogP contribution in [0.5, 0.6) is 0 Å². The van der Waals surface area contributed by atoms with Crippen LogP contribution in [0.15, 0.2) is 24.3 Å². The minimum absolute atomic E-state index is 0.0587. The monoisotopic (exact) mass is 307 g/mol. The highest BCUT2D eigenvalue weighted by atomic mass is 16.6. The molecule has 118 valence electrons. The molecule has 0 aliphatic carbocycles. The number of nitro groups is 1. The van der Waals surface area contributed by atoms with Crippen molar-refractivity contribution in [2.24, 2.45) is 0 Å². The van der Waals surface area contributed by atoms with E-state index in [1.165, 1.54) is 24.3 Å². The number of carbonyl (C=O) groups excluding carboxylic acids is 1. The van der Waals surface area contributed by atoms with Crippen molar-refractivity contribution in [1.29, 1.82) is 0 Å². The summed E-state index contributed by atoms with van der Waals surface area (Å²) in [5, 5.41) is 19.6. The van der Waals surface area contributed by atoms with Gasteiger partial charge in [0.1, 0.15) is 6.04 Å². The van der Waals surface area contributed by atoms with Crippen molar-refractivity contribution < 1.29 is 19.6 Å². The van der Waals surface area contributed by atoms with Gasteiger partial charge < -0.3 is 10.0 Å². The van der Waals surface area contributed by atoms with E-state index in [1.54, 1.807) is 11.8 Å². The zero-order chi connectivity index (χ0) is 16.3. The van der Waals surface area contributed by atoms with Gasteiger partial charge >= 0.3 is 5.97 Å². The molecule has 8 nitrogen and oxygen atoms in total. The van der Waals surface area contributed by atoms with Crippen LogP contribution in [0.3, 0.4) is 0 Å². The van der Waals surface area contributed by atoms with Gasteiger partial charge in [-0.3, -0.25) is 24.6 Å². The molecule has 0 spiro atoms. The number of aliphatic carboxylic acids is 1. The first-order chi connectivity index (χ1) is 10.4. The zero-order valence-corrected chi connectivity index (χ0v) is 12.1. The van der Waals surface area contributed by atoms with Gasteiger partial charge in [-0.05, 0) is 19.1 Å². The summed E-state index contributed by atoms with van der Waals surface area (Å²) in [5.74, 6) is -1.08. The molecule has 1 atom stereocenters. The van der Waals surface area contributed by atoms with Crippen LogP contribution in [0.1, 0.15) is 17.3 Å². The number of benzene rings is 1. The fourth-order valence-electron chi connectivity index (χ4n) is 2.38. The van der Waals surface area contributed by atoms with Crippen molar-refractivity contribution in [3.63, 3.8) is 0 Å². The van der Waals surface area contributed by atoms with E-state index in [9.17, 15) is 19.7 Å². The summed E-state index contributed by atoms with van der Waals surface area (Å²) in [6.07, 6.45) is 0. The lowest BCUT2D eigenvalue weighted by atomic mass is 10.1. The van der Waals surface area contributed by atoms with Crippen LogP contribution in [0, 0.1) is 10.1 Å². The van der Waals surface area contributed by atoms with Gasteiger partial charge in [-0.2, -0.15) is 0 Å². The Bertz CT molecular complexity index is 579. The molecule has 1 saturated heterocycles. The Labute approximate surface area is 127 Å². The lowest BCUT2D eigenvalue weighted by Crippen LogP contribution is -2.53. The fourth-order valence-corrected chi connectivity index (χ4v) is 2.38. The number of carbonyl (C=O) groups is 2. The number of amides is 1. The average Bonchev–Trinajstić information content (AvgIpc) is 2.53. The van der Waals surface area contributed by atoms with E-state index >= 15 is 0 Å². The van der Waals surface area contributed by atoms with Crippen molar-refractivity contribution in [3.8, 4) is 0 Å². The summed E-state index contributed by atoms with van der Waals surface area (Å²) in [6.45, 7) is 3.48. The van der Waals surface area contributed by atoms with Gasteiger partial charge in [0.15, 0.2) is 0 Å². The molecule has 1 aliphatic heterocycles. The first-order valence-electron chi connectivity index (χ1n) is 6.90. The minimum atomic E-state index is -0.879. The summed E-state index contributed by atoms with van der Waals surface area (Å²) < 4.78 is 0. The van der Waals surface area contributed by atoms with E-state index in [2.05, 4.69) is 0 Å². The third-order valence-corrected chi connectivity index (χ3v) is 3.83. The molecule has 8 heteroatoms. The molecule has 0 aromatic heterocycles. The SMILES string of the molecule is CC(C(=O)O)N1CCN(C(=O)c2ccc([N+](=O)[O-])cc2)CC1. The van der Waals surface area contributed by atoms with E-state index in [4.69, 9.17) is 5.11 Å². The molecular weight excluding hydrogens is 290 g/mol. The minimum Gasteiger partial charge on any atom is -0.480 e. The predicted octanol–water partition coefficient (Wildman–Crippen LogP) is 0.826. The zero-order valence-electron chi connectivity index (χ0n) is 12.1. The maximum absolute atomic E-state index is 12.3. The van der Waals surface area contributed by atoms with E-state index in [1.807, 2.05) is 4.90 Å². The van der Waals surface area contributed by atoms with E-state index in [0.717, 1.165) is 0 Å². The summed E-state index contributed by atoms with van der Waals surface area (Å²) in [7, 11) is 0. The highest BCUT2D eigenvalue weighted by Crippen LogP contribution is 2.15. The van der Waals surface area contributed by atoms with Gasteiger partial charge in [-0.15, -0.1) is 0 Å². The van der Waals surface area contributed by atoms with Crippen LogP contribution >= 0.6 is 0 Å². The van der Waals surface area contributed by atoms with Crippen molar-refractivity contribution >= 4 is 17.6 Å². The molecule has 22 heavy (non-hydrogen) atoms. The second-order valence-electron chi connectivity index (χ2n) is 5.15. The number of carboxylic acids is 1. The largest absolute Gasteiger partial charge is 0.480 e. The van der Waals surface area contributed by atoms with Gasteiger partial charge in [0.25, 0.3) is 11.6 Å². The molecule has 1 fully saturated rings. The average molecular weight is 307 g/mol. The number of non-ortho nitro benzene ring substituents is 1. The molecule has 0 saturated carbocycles. The quantitative estimate of drug-likeness (QED) is 0.652. The van der Waals surface area contributed by atoms with Crippen LogP contribution in [0.2, 0.25) is 0 Å². The fraction of sp³-hybridized carbons (Fsp3) is 0.429. The number of nitro benzene ring substituents is 1. The highest BCUT2D eigenvalue weighted by Gasteiger charge is 2.27.